The fraction of sp³-hybridized carbons (Fsp3) is 0.200. The van der Waals surface area contributed by atoms with E-state index in [0.717, 1.165) is 5.69 Å². The predicted octanol–water partition coefficient (Wildman–Crippen LogP) is 2.24. The molecule has 2 aromatic rings. The number of amides is 1. The lowest BCUT2D eigenvalue weighted by atomic mass is 10.3. The molecule has 21 heavy (non-hydrogen) atoms. The number of carbonyl (C=O) groups excluding carboxylic acids is 1. The molecule has 6 heteroatoms. The Morgan fingerprint density at radius 1 is 1.29 bits per heavy atom. The lowest BCUT2D eigenvalue weighted by molar-refractivity contribution is -0.119. The van der Waals surface area contributed by atoms with E-state index >= 15 is 0 Å². The van der Waals surface area contributed by atoms with Gasteiger partial charge in [0.05, 0.1) is 25.6 Å². The van der Waals surface area contributed by atoms with Crippen LogP contribution in [0.2, 0.25) is 0 Å². The summed E-state index contributed by atoms with van der Waals surface area (Å²) in [4.78, 5) is 11.7. The van der Waals surface area contributed by atoms with Crippen LogP contribution >= 0.6 is 0 Å². The van der Waals surface area contributed by atoms with Gasteiger partial charge < -0.3 is 14.5 Å². The molecular weight excluding hydrogens is 270 g/mol. The molecule has 1 aromatic heterocycles. The minimum absolute atomic E-state index is 0.0926. The number of methoxy groups -OCH3 is 1. The summed E-state index contributed by atoms with van der Waals surface area (Å²) >= 11 is 0. The molecule has 1 aromatic carbocycles. The maximum atomic E-state index is 11.7. The Bertz CT molecular complexity index is 621. The standard InChI is InChI=1S/C15H17N3O3/c1-11(13-8-5-9-21-13)17-18-15(19)10-16-12-6-3-4-7-14(12)20-2/h3-9,16H,10H2,1-2H3,(H,18,19)/b17-11+. The number of nitrogens with zero attached hydrogens (tertiary/aromatic N) is 1. The normalized spacial score (nSPS) is 11.0. The number of furan rings is 1. The van der Waals surface area contributed by atoms with Crippen LogP contribution in [0.1, 0.15) is 12.7 Å². The molecule has 0 saturated carbocycles. The molecule has 1 amide bonds. The zero-order valence-electron chi connectivity index (χ0n) is 11.9. The van der Waals surface area contributed by atoms with Gasteiger partial charge in [-0.3, -0.25) is 4.79 Å². The van der Waals surface area contributed by atoms with Gasteiger partial charge in [-0.05, 0) is 31.2 Å². The average molecular weight is 287 g/mol. The zero-order chi connectivity index (χ0) is 15.1. The van der Waals surface area contributed by atoms with Crippen LogP contribution in [-0.4, -0.2) is 25.3 Å². The summed E-state index contributed by atoms with van der Waals surface area (Å²) in [7, 11) is 1.58. The highest BCUT2D eigenvalue weighted by Gasteiger charge is 2.05. The lowest BCUT2D eigenvalue weighted by Gasteiger charge is -2.09. The molecule has 2 N–H and O–H groups in total. The number of para-hydroxylation sites is 2. The van der Waals surface area contributed by atoms with E-state index in [0.29, 0.717) is 17.2 Å². The molecule has 0 radical (unpaired) electrons. The van der Waals surface area contributed by atoms with E-state index in [1.54, 1.807) is 32.4 Å². The van der Waals surface area contributed by atoms with Crippen LogP contribution in [-0.2, 0) is 4.79 Å². The third-order valence-corrected chi connectivity index (χ3v) is 2.77. The Balaban J connectivity index is 1.86. The Labute approximate surface area is 122 Å². The van der Waals surface area contributed by atoms with Crippen LogP contribution in [0.25, 0.3) is 0 Å². The summed E-state index contributed by atoms with van der Waals surface area (Å²) in [6, 6.07) is 10.9. The second-order valence-electron chi connectivity index (χ2n) is 4.26. The SMILES string of the molecule is COc1ccccc1NCC(=O)N/N=C(\C)c1ccco1. The van der Waals surface area contributed by atoms with E-state index in [9.17, 15) is 4.79 Å². The average Bonchev–Trinajstić information content (AvgIpc) is 3.05. The van der Waals surface area contributed by atoms with Crippen LogP contribution in [0.5, 0.6) is 5.75 Å². The van der Waals surface area contributed by atoms with Gasteiger partial charge in [0, 0.05) is 0 Å². The van der Waals surface area contributed by atoms with Gasteiger partial charge in [-0.15, -0.1) is 0 Å². The highest BCUT2D eigenvalue weighted by atomic mass is 16.5. The van der Waals surface area contributed by atoms with Crippen molar-refractivity contribution in [2.24, 2.45) is 5.10 Å². The number of hydrogen-bond donors (Lipinski definition) is 2. The number of anilines is 1. The molecule has 1 heterocycles. The van der Waals surface area contributed by atoms with Crippen molar-refractivity contribution >= 4 is 17.3 Å². The summed E-state index contributed by atoms with van der Waals surface area (Å²) in [6.45, 7) is 1.85. The smallest absolute Gasteiger partial charge is 0.259 e. The predicted molar refractivity (Wildman–Crippen MR) is 80.5 cm³/mol. The van der Waals surface area contributed by atoms with Crippen LogP contribution in [0.15, 0.2) is 52.2 Å². The first kappa shape index (κ1) is 14.6. The monoisotopic (exact) mass is 287 g/mol. The van der Waals surface area contributed by atoms with Crippen molar-refractivity contribution < 1.29 is 13.9 Å². The van der Waals surface area contributed by atoms with Gasteiger partial charge in [-0.25, -0.2) is 5.43 Å². The molecule has 2 rings (SSSR count). The first-order valence-electron chi connectivity index (χ1n) is 6.44. The molecule has 0 atom stereocenters. The minimum Gasteiger partial charge on any atom is -0.495 e. The molecule has 0 aliphatic heterocycles. The van der Waals surface area contributed by atoms with Gasteiger partial charge in [-0.2, -0.15) is 5.10 Å². The molecule has 0 aliphatic rings. The van der Waals surface area contributed by atoms with Gasteiger partial charge in [0.2, 0.25) is 0 Å². The fourth-order valence-corrected chi connectivity index (χ4v) is 1.69. The third-order valence-electron chi connectivity index (χ3n) is 2.77. The molecule has 0 saturated heterocycles. The number of hydrogen-bond acceptors (Lipinski definition) is 5. The van der Waals surface area contributed by atoms with E-state index < -0.39 is 0 Å². The highest BCUT2D eigenvalue weighted by molar-refractivity contribution is 5.97. The number of ether oxygens (including phenoxy) is 1. The maximum absolute atomic E-state index is 11.7. The van der Waals surface area contributed by atoms with Crippen LogP contribution in [0.4, 0.5) is 5.69 Å². The minimum atomic E-state index is -0.258. The number of rotatable bonds is 6. The first-order chi connectivity index (χ1) is 10.2. The van der Waals surface area contributed by atoms with Crippen molar-refractivity contribution in [2.45, 2.75) is 6.92 Å². The number of benzene rings is 1. The maximum Gasteiger partial charge on any atom is 0.259 e. The molecule has 0 aliphatic carbocycles. The third kappa shape index (κ3) is 4.10. The summed E-state index contributed by atoms with van der Waals surface area (Å²) in [5.74, 6) is 1.04. The summed E-state index contributed by atoms with van der Waals surface area (Å²) in [6.07, 6.45) is 1.55. The van der Waals surface area contributed by atoms with Gasteiger partial charge >= 0.3 is 0 Å². The van der Waals surface area contributed by atoms with E-state index in [1.165, 1.54) is 0 Å². The van der Waals surface area contributed by atoms with E-state index in [4.69, 9.17) is 9.15 Å². The Hall–Kier alpha value is -2.76. The Morgan fingerprint density at radius 3 is 2.81 bits per heavy atom. The molecule has 6 nitrogen and oxygen atoms in total. The lowest BCUT2D eigenvalue weighted by Crippen LogP contribution is -2.26. The first-order valence-corrected chi connectivity index (χ1v) is 6.44. The summed E-state index contributed by atoms with van der Waals surface area (Å²) < 4.78 is 10.4. The summed E-state index contributed by atoms with van der Waals surface area (Å²) in [5.41, 5.74) is 3.82. The molecule has 110 valence electrons. The Kier molecular flexibility index (Phi) is 4.98. The van der Waals surface area contributed by atoms with Crippen LogP contribution in [0.3, 0.4) is 0 Å². The van der Waals surface area contributed by atoms with Crippen molar-refractivity contribution in [3.05, 3.63) is 48.4 Å². The quantitative estimate of drug-likeness (QED) is 0.631. The van der Waals surface area contributed by atoms with E-state index in [1.807, 2.05) is 24.3 Å². The second kappa shape index (κ2) is 7.14. The Morgan fingerprint density at radius 2 is 2.10 bits per heavy atom. The number of nitrogens with one attached hydrogen (secondary N) is 2. The van der Waals surface area contributed by atoms with E-state index in [2.05, 4.69) is 15.8 Å². The van der Waals surface area contributed by atoms with Gasteiger partial charge in [-0.1, -0.05) is 12.1 Å². The van der Waals surface area contributed by atoms with Crippen LogP contribution in [0, 0.1) is 0 Å². The number of carbonyl (C=O) groups is 1. The topological polar surface area (TPSA) is 75.9 Å². The largest absolute Gasteiger partial charge is 0.495 e. The molecule has 0 unspecified atom stereocenters. The second-order valence-corrected chi connectivity index (χ2v) is 4.26. The van der Waals surface area contributed by atoms with Gasteiger partial charge in [0.15, 0.2) is 0 Å². The molecule has 0 fully saturated rings. The van der Waals surface area contributed by atoms with Gasteiger partial charge in [0.25, 0.3) is 5.91 Å². The molecular formula is C15H17N3O3. The number of hydrazone groups is 1. The highest BCUT2D eigenvalue weighted by Crippen LogP contribution is 2.22. The van der Waals surface area contributed by atoms with Crippen molar-refractivity contribution in [3.8, 4) is 5.75 Å². The van der Waals surface area contributed by atoms with Crippen molar-refractivity contribution in [1.82, 2.24) is 5.43 Å². The zero-order valence-corrected chi connectivity index (χ0v) is 11.9. The van der Waals surface area contributed by atoms with E-state index in [-0.39, 0.29) is 12.5 Å². The molecule has 0 bridgehead atoms. The fourth-order valence-electron chi connectivity index (χ4n) is 1.69. The van der Waals surface area contributed by atoms with Crippen molar-refractivity contribution in [3.63, 3.8) is 0 Å². The van der Waals surface area contributed by atoms with Crippen LogP contribution < -0.4 is 15.5 Å². The van der Waals surface area contributed by atoms with Crippen molar-refractivity contribution in [1.29, 1.82) is 0 Å². The molecule has 0 spiro atoms. The van der Waals surface area contributed by atoms with Crippen molar-refractivity contribution in [2.75, 3.05) is 19.0 Å². The van der Waals surface area contributed by atoms with Gasteiger partial charge in [0.1, 0.15) is 17.2 Å². The summed E-state index contributed by atoms with van der Waals surface area (Å²) in [5, 5.41) is 6.97.